The molecule has 20 heavy (non-hydrogen) atoms. The highest BCUT2D eigenvalue weighted by molar-refractivity contribution is 5.49. The third-order valence-electron chi connectivity index (χ3n) is 4.42. The summed E-state index contributed by atoms with van der Waals surface area (Å²) in [6.07, 6.45) is 1.23. The van der Waals surface area contributed by atoms with Crippen molar-refractivity contribution >= 4 is 0 Å². The largest absolute Gasteiger partial charge is 0.497 e. The summed E-state index contributed by atoms with van der Waals surface area (Å²) in [5.74, 6) is 2.55. The minimum Gasteiger partial charge on any atom is -0.497 e. The first-order valence-corrected chi connectivity index (χ1v) is 7.41. The zero-order valence-electron chi connectivity index (χ0n) is 12.6. The predicted octanol–water partition coefficient (Wildman–Crippen LogP) is 1.80. The minimum absolute atomic E-state index is 0.260. The van der Waals surface area contributed by atoms with E-state index in [2.05, 4.69) is 30.9 Å². The van der Waals surface area contributed by atoms with Crippen molar-refractivity contribution in [2.75, 3.05) is 20.2 Å². The van der Waals surface area contributed by atoms with Gasteiger partial charge in [-0.15, -0.1) is 0 Å². The fourth-order valence-corrected chi connectivity index (χ4v) is 3.28. The summed E-state index contributed by atoms with van der Waals surface area (Å²) in [5, 5.41) is 0. The Hall–Kier alpha value is -1.26. The van der Waals surface area contributed by atoms with Gasteiger partial charge in [0.25, 0.3) is 0 Å². The Labute approximate surface area is 120 Å². The molecule has 0 amide bonds. The molecule has 3 unspecified atom stereocenters. The van der Waals surface area contributed by atoms with Crippen LogP contribution in [0.2, 0.25) is 0 Å². The first-order valence-electron chi connectivity index (χ1n) is 7.41. The maximum absolute atomic E-state index is 6.12. The number of benzene rings is 1. The fraction of sp³-hybridized carbons (Fsp3) is 0.625. The van der Waals surface area contributed by atoms with Gasteiger partial charge in [-0.25, -0.2) is 0 Å². The van der Waals surface area contributed by atoms with Gasteiger partial charge in [0.05, 0.1) is 7.11 Å². The Morgan fingerprint density at radius 1 is 1.35 bits per heavy atom. The minimum atomic E-state index is 0.260. The summed E-state index contributed by atoms with van der Waals surface area (Å²) in [5.41, 5.74) is 8.61. The number of likely N-dealkylation sites (tertiary alicyclic amines) is 1. The Morgan fingerprint density at radius 2 is 2.15 bits per heavy atom. The Balaban J connectivity index is 1.84. The second kappa shape index (κ2) is 5.26. The van der Waals surface area contributed by atoms with Crippen LogP contribution >= 0.6 is 0 Å². The molecular weight excluding hydrogens is 252 g/mol. The highest BCUT2D eigenvalue weighted by atomic mass is 16.5. The van der Waals surface area contributed by atoms with Crippen LogP contribution in [-0.2, 0) is 13.0 Å². The first-order chi connectivity index (χ1) is 9.56. The van der Waals surface area contributed by atoms with Crippen LogP contribution in [0, 0.1) is 5.92 Å². The monoisotopic (exact) mass is 276 g/mol. The van der Waals surface area contributed by atoms with E-state index < -0.39 is 0 Å². The Kier molecular flexibility index (Phi) is 3.61. The molecule has 1 fully saturated rings. The molecule has 0 aliphatic carbocycles. The topological polar surface area (TPSA) is 47.7 Å². The van der Waals surface area contributed by atoms with Gasteiger partial charge in [0.15, 0.2) is 0 Å². The highest BCUT2D eigenvalue weighted by Crippen LogP contribution is 2.37. The van der Waals surface area contributed by atoms with E-state index in [4.69, 9.17) is 15.2 Å². The Bertz CT molecular complexity index is 493. The van der Waals surface area contributed by atoms with Crippen LogP contribution in [0.4, 0.5) is 0 Å². The summed E-state index contributed by atoms with van der Waals surface area (Å²) in [4.78, 5) is 2.41. The number of ether oxygens (including phenoxy) is 2. The summed E-state index contributed by atoms with van der Waals surface area (Å²) in [6, 6.07) is 4.49. The van der Waals surface area contributed by atoms with Crippen LogP contribution in [0.25, 0.3) is 0 Å². The number of fused-ring (bicyclic) bond motifs is 1. The molecular formula is C16H24N2O2. The van der Waals surface area contributed by atoms with Gasteiger partial charge >= 0.3 is 0 Å². The lowest BCUT2D eigenvalue weighted by Gasteiger charge is -2.18. The van der Waals surface area contributed by atoms with E-state index in [1.807, 2.05) is 0 Å². The van der Waals surface area contributed by atoms with Gasteiger partial charge in [-0.1, -0.05) is 6.92 Å². The molecule has 0 radical (unpaired) electrons. The summed E-state index contributed by atoms with van der Waals surface area (Å²) < 4.78 is 11.4. The number of rotatable bonds is 3. The molecule has 2 N–H and O–H groups in total. The van der Waals surface area contributed by atoms with Crippen LogP contribution in [0.15, 0.2) is 12.1 Å². The van der Waals surface area contributed by atoms with Crippen molar-refractivity contribution in [1.29, 1.82) is 0 Å². The SMILES string of the molecule is COc1cc2c(c(CN3CC(C)C(N)C3)c1)OC(C)C2. The van der Waals surface area contributed by atoms with Crippen LogP contribution in [0.3, 0.4) is 0 Å². The molecule has 1 aromatic carbocycles. The third kappa shape index (κ3) is 2.50. The number of methoxy groups -OCH3 is 1. The maximum atomic E-state index is 6.12. The van der Waals surface area contributed by atoms with E-state index in [-0.39, 0.29) is 12.1 Å². The van der Waals surface area contributed by atoms with E-state index in [0.29, 0.717) is 5.92 Å². The zero-order chi connectivity index (χ0) is 14.3. The molecule has 0 spiro atoms. The van der Waals surface area contributed by atoms with Crippen molar-refractivity contribution < 1.29 is 9.47 Å². The summed E-state index contributed by atoms with van der Waals surface area (Å²) >= 11 is 0. The van der Waals surface area contributed by atoms with Gasteiger partial charge in [0.1, 0.15) is 17.6 Å². The van der Waals surface area contributed by atoms with Crippen LogP contribution < -0.4 is 15.2 Å². The quantitative estimate of drug-likeness (QED) is 0.914. The average Bonchev–Trinajstić information content (AvgIpc) is 2.92. The summed E-state index contributed by atoms with van der Waals surface area (Å²) in [6.45, 7) is 7.25. The molecule has 4 nitrogen and oxygen atoms in total. The van der Waals surface area contributed by atoms with Crippen LogP contribution in [0.1, 0.15) is 25.0 Å². The van der Waals surface area contributed by atoms with Gasteiger partial charge in [-0.05, 0) is 25.0 Å². The predicted molar refractivity (Wildman–Crippen MR) is 79.2 cm³/mol. The number of nitrogens with zero attached hydrogens (tertiary/aromatic N) is 1. The average molecular weight is 276 g/mol. The lowest BCUT2D eigenvalue weighted by Crippen LogP contribution is -2.28. The van der Waals surface area contributed by atoms with Crippen molar-refractivity contribution in [2.24, 2.45) is 11.7 Å². The van der Waals surface area contributed by atoms with Crippen LogP contribution in [-0.4, -0.2) is 37.2 Å². The van der Waals surface area contributed by atoms with Gasteiger partial charge in [-0.2, -0.15) is 0 Å². The molecule has 3 rings (SSSR count). The van der Waals surface area contributed by atoms with Crippen molar-refractivity contribution in [1.82, 2.24) is 4.90 Å². The van der Waals surface area contributed by atoms with Gasteiger partial charge in [0.2, 0.25) is 0 Å². The van der Waals surface area contributed by atoms with Crippen molar-refractivity contribution in [3.8, 4) is 11.5 Å². The van der Waals surface area contributed by atoms with Crippen molar-refractivity contribution in [2.45, 2.75) is 39.0 Å². The van der Waals surface area contributed by atoms with E-state index in [1.54, 1.807) is 7.11 Å². The first kappa shape index (κ1) is 13.7. The molecule has 2 aliphatic heterocycles. The smallest absolute Gasteiger partial charge is 0.127 e. The van der Waals surface area contributed by atoms with E-state index in [0.717, 1.165) is 37.6 Å². The molecule has 2 aliphatic rings. The molecule has 110 valence electrons. The molecule has 0 bridgehead atoms. The number of hydrogen-bond donors (Lipinski definition) is 1. The lowest BCUT2D eigenvalue weighted by molar-refractivity contribution is 0.245. The third-order valence-corrected chi connectivity index (χ3v) is 4.42. The molecule has 2 heterocycles. The number of hydrogen-bond acceptors (Lipinski definition) is 4. The van der Waals surface area contributed by atoms with Crippen LogP contribution in [0.5, 0.6) is 11.5 Å². The Morgan fingerprint density at radius 3 is 2.80 bits per heavy atom. The molecule has 1 saturated heterocycles. The second-order valence-corrected chi connectivity index (χ2v) is 6.24. The van der Waals surface area contributed by atoms with Crippen molar-refractivity contribution in [3.05, 3.63) is 23.3 Å². The molecule has 4 heteroatoms. The molecule has 3 atom stereocenters. The highest BCUT2D eigenvalue weighted by Gasteiger charge is 2.29. The van der Waals surface area contributed by atoms with Gasteiger partial charge in [-0.3, -0.25) is 4.90 Å². The van der Waals surface area contributed by atoms with E-state index in [1.165, 1.54) is 11.1 Å². The summed E-state index contributed by atoms with van der Waals surface area (Å²) in [7, 11) is 1.72. The number of nitrogens with two attached hydrogens (primary N) is 1. The maximum Gasteiger partial charge on any atom is 0.127 e. The standard InChI is InChI=1S/C16H24N2O2/c1-10-7-18(9-15(10)17)8-13-6-14(19-3)5-12-4-11(2)20-16(12)13/h5-6,10-11,15H,4,7-9,17H2,1-3H3. The van der Waals surface area contributed by atoms with E-state index >= 15 is 0 Å². The molecule has 1 aromatic rings. The molecule has 0 saturated carbocycles. The van der Waals surface area contributed by atoms with Crippen molar-refractivity contribution in [3.63, 3.8) is 0 Å². The van der Waals surface area contributed by atoms with Gasteiger partial charge < -0.3 is 15.2 Å². The zero-order valence-corrected chi connectivity index (χ0v) is 12.6. The normalized spacial score (nSPS) is 29.3. The van der Waals surface area contributed by atoms with E-state index in [9.17, 15) is 0 Å². The fourth-order valence-electron chi connectivity index (χ4n) is 3.28. The second-order valence-electron chi connectivity index (χ2n) is 6.24. The molecule has 0 aromatic heterocycles. The van der Waals surface area contributed by atoms with Gasteiger partial charge in [0, 0.05) is 43.2 Å². The lowest BCUT2D eigenvalue weighted by atomic mass is 10.1.